The summed E-state index contributed by atoms with van der Waals surface area (Å²) in [6, 6.07) is 17.0. The van der Waals surface area contributed by atoms with Crippen LogP contribution in [0, 0.1) is 6.92 Å². The quantitative estimate of drug-likeness (QED) is 0.312. The molecule has 1 unspecified atom stereocenters. The zero-order valence-electron chi connectivity index (χ0n) is 19.0. The van der Waals surface area contributed by atoms with E-state index in [1.165, 1.54) is 13.3 Å². The second-order valence-electron chi connectivity index (χ2n) is 7.60. The van der Waals surface area contributed by atoms with Crippen LogP contribution >= 0.6 is 11.6 Å². The van der Waals surface area contributed by atoms with Crippen LogP contribution in [0.15, 0.2) is 60.8 Å². The molecule has 1 aromatic heterocycles. The summed E-state index contributed by atoms with van der Waals surface area (Å²) < 4.78 is 22.5. The summed E-state index contributed by atoms with van der Waals surface area (Å²) in [6.45, 7) is 4.43. The Morgan fingerprint density at radius 2 is 1.88 bits per heavy atom. The second-order valence-corrected chi connectivity index (χ2v) is 8.04. The second kappa shape index (κ2) is 12.1. The van der Waals surface area contributed by atoms with Crippen molar-refractivity contribution in [2.45, 2.75) is 39.2 Å². The molecule has 0 spiro atoms. The topological polar surface area (TPSA) is 66.9 Å². The number of pyridine rings is 1. The number of esters is 1. The normalized spacial score (nSPS) is 11.5. The minimum Gasteiger partial charge on any atom is -0.493 e. The predicted molar refractivity (Wildman–Crippen MR) is 127 cm³/mol. The Bertz CT molecular complexity index is 1060. The fourth-order valence-electron chi connectivity index (χ4n) is 3.15. The Labute approximate surface area is 199 Å². The van der Waals surface area contributed by atoms with Crippen LogP contribution in [0.2, 0.25) is 5.02 Å². The summed E-state index contributed by atoms with van der Waals surface area (Å²) in [5.41, 5.74) is 2.18. The van der Waals surface area contributed by atoms with Gasteiger partial charge in [-0.25, -0.2) is 4.98 Å². The van der Waals surface area contributed by atoms with Crippen LogP contribution < -0.4 is 14.2 Å². The zero-order valence-corrected chi connectivity index (χ0v) is 19.8. The van der Waals surface area contributed by atoms with Gasteiger partial charge < -0.3 is 18.9 Å². The van der Waals surface area contributed by atoms with Gasteiger partial charge >= 0.3 is 5.97 Å². The molecule has 2 aromatic carbocycles. The first kappa shape index (κ1) is 24.4. The first-order valence-electron chi connectivity index (χ1n) is 10.8. The third kappa shape index (κ3) is 7.68. The van der Waals surface area contributed by atoms with Crippen molar-refractivity contribution < 1.29 is 23.7 Å². The molecule has 3 rings (SSSR count). The monoisotopic (exact) mass is 469 g/mol. The Hall–Kier alpha value is -3.25. The lowest BCUT2D eigenvalue weighted by Gasteiger charge is -2.17. The molecule has 33 heavy (non-hydrogen) atoms. The van der Waals surface area contributed by atoms with E-state index in [1.807, 2.05) is 62.4 Å². The minimum absolute atomic E-state index is 0.155. The molecule has 6 nitrogen and oxygen atoms in total. The van der Waals surface area contributed by atoms with Gasteiger partial charge in [0.05, 0.1) is 18.7 Å². The number of hydrogen-bond acceptors (Lipinski definition) is 6. The molecule has 1 atom stereocenters. The molecule has 0 aliphatic rings. The first-order valence-corrected chi connectivity index (χ1v) is 11.2. The number of carbonyl (C=O) groups is 1. The molecule has 3 aromatic rings. The van der Waals surface area contributed by atoms with E-state index in [4.69, 9.17) is 30.5 Å². The Morgan fingerprint density at radius 1 is 1.09 bits per heavy atom. The highest BCUT2D eigenvalue weighted by atomic mass is 35.5. The summed E-state index contributed by atoms with van der Waals surface area (Å²) in [5.74, 6) is 2.07. The van der Waals surface area contributed by atoms with Crippen molar-refractivity contribution in [2.24, 2.45) is 0 Å². The lowest BCUT2D eigenvalue weighted by Crippen LogP contribution is -2.17. The molecule has 0 bridgehead atoms. The molecule has 7 heteroatoms. The third-order valence-corrected chi connectivity index (χ3v) is 5.21. The summed E-state index contributed by atoms with van der Waals surface area (Å²) in [5, 5.41) is 0.467. The van der Waals surface area contributed by atoms with E-state index in [1.54, 1.807) is 6.07 Å². The highest BCUT2D eigenvalue weighted by Crippen LogP contribution is 2.32. The van der Waals surface area contributed by atoms with Crippen molar-refractivity contribution in [1.29, 1.82) is 0 Å². The Balaban J connectivity index is 1.52. The predicted octanol–water partition coefficient (Wildman–Crippen LogP) is 6.18. The lowest BCUT2D eigenvalue weighted by molar-refractivity contribution is -0.140. The summed E-state index contributed by atoms with van der Waals surface area (Å²) in [6.07, 6.45) is 3.03. The van der Waals surface area contributed by atoms with E-state index in [0.29, 0.717) is 48.3 Å². The molecule has 0 aliphatic heterocycles. The summed E-state index contributed by atoms with van der Waals surface area (Å²) >= 11 is 6.10. The van der Waals surface area contributed by atoms with Crippen molar-refractivity contribution >= 4 is 17.6 Å². The zero-order chi connectivity index (χ0) is 23.6. The molecular weight excluding hydrogens is 442 g/mol. The van der Waals surface area contributed by atoms with Gasteiger partial charge in [-0.15, -0.1) is 0 Å². The third-order valence-electron chi connectivity index (χ3n) is 5.00. The fourth-order valence-corrected chi connectivity index (χ4v) is 3.30. The van der Waals surface area contributed by atoms with E-state index >= 15 is 0 Å². The Kier molecular flexibility index (Phi) is 8.95. The summed E-state index contributed by atoms with van der Waals surface area (Å²) in [4.78, 5) is 15.6. The van der Waals surface area contributed by atoms with E-state index in [-0.39, 0.29) is 12.1 Å². The number of carbonyl (C=O) groups excluding carboxylic acids is 1. The maximum atomic E-state index is 11.4. The van der Waals surface area contributed by atoms with Crippen LogP contribution in [0.1, 0.15) is 30.9 Å². The highest BCUT2D eigenvalue weighted by Gasteiger charge is 2.14. The number of halogens is 1. The molecule has 1 heterocycles. The smallest absolute Gasteiger partial charge is 0.305 e. The molecular formula is C26H28ClNO5. The van der Waals surface area contributed by atoms with Crippen molar-refractivity contribution in [3.63, 3.8) is 0 Å². The molecule has 0 amide bonds. The molecule has 0 saturated carbocycles. The average molecular weight is 470 g/mol. The van der Waals surface area contributed by atoms with Crippen molar-refractivity contribution in [3.8, 4) is 23.1 Å². The molecule has 0 fully saturated rings. The lowest BCUT2D eigenvalue weighted by atomic mass is 10.0. The van der Waals surface area contributed by atoms with Crippen LogP contribution in [0.25, 0.3) is 0 Å². The minimum atomic E-state index is -0.212. The number of para-hydroxylation sites is 1. The molecule has 0 aliphatic carbocycles. The first-order chi connectivity index (χ1) is 15.9. The number of nitrogens with zero attached hydrogens (tertiary/aromatic N) is 1. The largest absolute Gasteiger partial charge is 0.493 e. The van der Waals surface area contributed by atoms with Gasteiger partial charge in [0.2, 0.25) is 0 Å². The van der Waals surface area contributed by atoms with Crippen LogP contribution in [-0.4, -0.2) is 30.8 Å². The SMILES string of the molecule is COC(=O)CCc1ccc(OCCC(C)Oc2ncc(Cl)cc2Oc2ccccc2)cc1C. The van der Waals surface area contributed by atoms with E-state index < -0.39 is 0 Å². The van der Waals surface area contributed by atoms with Gasteiger partial charge in [-0.1, -0.05) is 35.9 Å². The molecule has 174 valence electrons. The number of aryl methyl sites for hydroxylation is 2. The highest BCUT2D eigenvalue weighted by molar-refractivity contribution is 6.30. The van der Waals surface area contributed by atoms with E-state index in [2.05, 4.69) is 4.98 Å². The van der Waals surface area contributed by atoms with Crippen LogP contribution in [0.4, 0.5) is 0 Å². The van der Waals surface area contributed by atoms with Crippen molar-refractivity contribution in [1.82, 2.24) is 4.98 Å². The number of methoxy groups -OCH3 is 1. The number of aromatic nitrogens is 1. The van der Waals surface area contributed by atoms with E-state index in [0.717, 1.165) is 16.9 Å². The van der Waals surface area contributed by atoms with Gasteiger partial charge in [0.15, 0.2) is 5.75 Å². The maximum Gasteiger partial charge on any atom is 0.305 e. The molecule has 0 saturated heterocycles. The van der Waals surface area contributed by atoms with E-state index in [9.17, 15) is 4.79 Å². The van der Waals surface area contributed by atoms with Gasteiger partial charge in [0, 0.05) is 25.1 Å². The number of ether oxygens (including phenoxy) is 4. The molecule has 0 radical (unpaired) electrons. The standard InChI is InChI=1S/C26H28ClNO5/c1-18-15-23(11-9-20(18)10-12-25(29)30-3)31-14-13-19(2)32-26-24(16-21(27)17-28-26)33-22-7-5-4-6-8-22/h4-9,11,15-17,19H,10,12-14H2,1-3H3. The number of rotatable bonds is 11. The van der Waals surface area contributed by atoms with Gasteiger partial charge in [-0.2, -0.15) is 0 Å². The van der Waals surface area contributed by atoms with Gasteiger partial charge in [-0.3, -0.25) is 4.79 Å². The van der Waals surface area contributed by atoms with Gasteiger partial charge in [0.25, 0.3) is 5.88 Å². The van der Waals surface area contributed by atoms with Crippen molar-refractivity contribution in [2.75, 3.05) is 13.7 Å². The van der Waals surface area contributed by atoms with Crippen LogP contribution in [-0.2, 0) is 16.0 Å². The van der Waals surface area contributed by atoms with Crippen molar-refractivity contribution in [3.05, 3.63) is 76.9 Å². The Morgan fingerprint density at radius 3 is 2.61 bits per heavy atom. The fraction of sp³-hybridized carbons (Fsp3) is 0.308. The van der Waals surface area contributed by atoms with Gasteiger partial charge in [-0.05, 0) is 55.7 Å². The number of benzene rings is 2. The average Bonchev–Trinajstić information content (AvgIpc) is 2.80. The molecule has 0 N–H and O–H groups in total. The van der Waals surface area contributed by atoms with Crippen LogP contribution in [0.3, 0.4) is 0 Å². The summed E-state index contributed by atoms with van der Waals surface area (Å²) in [7, 11) is 1.40. The number of hydrogen-bond donors (Lipinski definition) is 0. The maximum absolute atomic E-state index is 11.4. The van der Waals surface area contributed by atoms with Crippen LogP contribution in [0.5, 0.6) is 23.1 Å². The van der Waals surface area contributed by atoms with Gasteiger partial charge in [0.1, 0.15) is 17.6 Å².